The van der Waals surface area contributed by atoms with Gasteiger partial charge in [-0.2, -0.15) is 0 Å². The molecule has 3 unspecified atom stereocenters. The Balaban J connectivity index is 2.03. The van der Waals surface area contributed by atoms with E-state index in [1.807, 2.05) is 0 Å². The van der Waals surface area contributed by atoms with Crippen LogP contribution in [0.5, 0.6) is 0 Å². The van der Waals surface area contributed by atoms with Crippen molar-refractivity contribution in [2.45, 2.75) is 117 Å². The number of allylic oxidation sites excluding steroid dienone is 2. The zero-order valence-corrected chi connectivity index (χ0v) is 17.5. The Morgan fingerprint density at radius 2 is 1.56 bits per heavy atom. The first-order chi connectivity index (χ1) is 11.9. The molecule has 1 aliphatic heterocycles. The molecule has 25 heavy (non-hydrogen) atoms. The smallest absolute Gasteiger partial charge is 0.0637 e. The number of rotatable bonds is 2. The molecule has 3 rings (SSSR count). The van der Waals surface area contributed by atoms with Gasteiger partial charge in [0.15, 0.2) is 0 Å². The largest absolute Gasteiger partial charge is 0.378 e. The minimum absolute atomic E-state index is 0.265. The molecule has 3 atom stereocenters. The first-order valence-corrected chi connectivity index (χ1v) is 11.2. The summed E-state index contributed by atoms with van der Waals surface area (Å²) in [5, 5.41) is 0. The van der Waals surface area contributed by atoms with Crippen molar-refractivity contribution in [2.75, 3.05) is 6.61 Å². The zero-order chi connectivity index (χ0) is 18.0. The van der Waals surface area contributed by atoms with Crippen molar-refractivity contribution in [1.82, 2.24) is 0 Å². The SMILES string of the molecule is CC1(C)CCCCCC(C)(C2CCCCCCO2)C1(C)C1=CCCC1. The summed E-state index contributed by atoms with van der Waals surface area (Å²) in [5.74, 6) is 0. The van der Waals surface area contributed by atoms with Crippen LogP contribution in [0, 0.1) is 16.2 Å². The third-order valence-electron chi connectivity index (χ3n) is 8.57. The molecule has 0 aromatic rings. The second-order valence-corrected chi connectivity index (χ2v) is 10.2. The van der Waals surface area contributed by atoms with Crippen molar-refractivity contribution >= 4 is 0 Å². The van der Waals surface area contributed by atoms with E-state index in [4.69, 9.17) is 4.74 Å². The average Bonchev–Trinajstić information content (AvgIpc) is 3.06. The molecule has 3 aliphatic rings. The maximum Gasteiger partial charge on any atom is 0.0637 e. The van der Waals surface area contributed by atoms with E-state index in [0.717, 1.165) is 6.61 Å². The highest BCUT2D eigenvalue weighted by molar-refractivity contribution is 5.26. The molecule has 0 bridgehead atoms. The van der Waals surface area contributed by atoms with Crippen molar-refractivity contribution < 1.29 is 4.74 Å². The lowest BCUT2D eigenvalue weighted by atomic mass is 9.45. The van der Waals surface area contributed by atoms with E-state index < -0.39 is 0 Å². The Bertz CT molecular complexity index is 468. The predicted molar refractivity (Wildman–Crippen MR) is 108 cm³/mol. The summed E-state index contributed by atoms with van der Waals surface area (Å²) < 4.78 is 6.64. The number of ether oxygens (including phenoxy) is 1. The maximum absolute atomic E-state index is 6.64. The lowest BCUT2D eigenvalue weighted by molar-refractivity contribution is -0.142. The van der Waals surface area contributed by atoms with Crippen LogP contribution >= 0.6 is 0 Å². The van der Waals surface area contributed by atoms with Gasteiger partial charge in [0, 0.05) is 17.4 Å². The van der Waals surface area contributed by atoms with E-state index in [-0.39, 0.29) is 10.8 Å². The molecule has 0 spiro atoms. The van der Waals surface area contributed by atoms with Gasteiger partial charge in [0.1, 0.15) is 0 Å². The van der Waals surface area contributed by atoms with Crippen LogP contribution in [0.3, 0.4) is 0 Å². The van der Waals surface area contributed by atoms with Gasteiger partial charge in [-0.1, -0.05) is 77.9 Å². The third-order valence-corrected chi connectivity index (χ3v) is 8.57. The van der Waals surface area contributed by atoms with Crippen molar-refractivity contribution in [3.05, 3.63) is 11.6 Å². The Labute approximate surface area is 157 Å². The highest BCUT2D eigenvalue weighted by atomic mass is 16.5. The van der Waals surface area contributed by atoms with Crippen LogP contribution in [0.25, 0.3) is 0 Å². The van der Waals surface area contributed by atoms with Gasteiger partial charge < -0.3 is 4.74 Å². The first-order valence-electron chi connectivity index (χ1n) is 11.2. The molecule has 0 aromatic carbocycles. The van der Waals surface area contributed by atoms with Gasteiger partial charge in [0.25, 0.3) is 0 Å². The number of hydrogen-bond acceptors (Lipinski definition) is 1. The molecule has 2 aliphatic carbocycles. The van der Waals surface area contributed by atoms with E-state index in [9.17, 15) is 0 Å². The standard InChI is InChI=1S/C24H42O/c1-22(2)17-11-7-12-18-23(3,21-16-8-5-6-13-19-25-21)24(22,4)20-14-9-10-15-20/h14,21H,5-13,15-19H2,1-4H3. The van der Waals surface area contributed by atoms with Crippen LogP contribution < -0.4 is 0 Å². The van der Waals surface area contributed by atoms with Gasteiger partial charge in [-0.25, -0.2) is 0 Å². The molecule has 0 amide bonds. The van der Waals surface area contributed by atoms with Crippen molar-refractivity contribution in [3.8, 4) is 0 Å². The summed E-state index contributed by atoms with van der Waals surface area (Å²) in [7, 11) is 0. The maximum atomic E-state index is 6.64. The third kappa shape index (κ3) is 3.47. The molecule has 1 heterocycles. The van der Waals surface area contributed by atoms with E-state index in [2.05, 4.69) is 33.8 Å². The van der Waals surface area contributed by atoms with Gasteiger partial charge in [-0.3, -0.25) is 0 Å². The molecular weight excluding hydrogens is 304 g/mol. The molecule has 1 saturated heterocycles. The normalized spacial score (nSPS) is 40.5. The van der Waals surface area contributed by atoms with Gasteiger partial charge in [0.05, 0.1) is 6.10 Å². The molecule has 1 heteroatoms. The molecule has 1 nitrogen and oxygen atoms in total. The molecule has 0 N–H and O–H groups in total. The van der Waals surface area contributed by atoms with Gasteiger partial charge in [-0.05, 0) is 50.4 Å². The summed E-state index contributed by atoms with van der Waals surface area (Å²) in [6.07, 6.45) is 20.6. The monoisotopic (exact) mass is 346 g/mol. The predicted octanol–water partition coefficient (Wildman–Crippen LogP) is 7.45. The van der Waals surface area contributed by atoms with Crippen LogP contribution in [-0.4, -0.2) is 12.7 Å². The highest BCUT2D eigenvalue weighted by Crippen LogP contribution is 2.64. The lowest BCUT2D eigenvalue weighted by Gasteiger charge is -2.60. The van der Waals surface area contributed by atoms with Crippen LogP contribution in [0.4, 0.5) is 0 Å². The summed E-state index contributed by atoms with van der Waals surface area (Å²) >= 11 is 0. The van der Waals surface area contributed by atoms with Gasteiger partial charge >= 0.3 is 0 Å². The Morgan fingerprint density at radius 1 is 0.840 bits per heavy atom. The highest BCUT2D eigenvalue weighted by Gasteiger charge is 2.58. The van der Waals surface area contributed by atoms with E-state index >= 15 is 0 Å². The lowest BCUT2D eigenvalue weighted by Crippen LogP contribution is -2.56. The van der Waals surface area contributed by atoms with E-state index in [1.165, 1.54) is 83.5 Å². The van der Waals surface area contributed by atoms with Crippen LogP contribution in [0.2, 0.25) is 0 Å². The second-order valence-electron chi connectivity index (χ2n) is 10.2. The quantitative estimate of drug-likeness (QED) is 0.472. The Morgan fingerprint density at radius 3 is 2.32 bits per heavy atom. The molecule has 0 radical (unpaired) electrons. The van der Waals surface area contributed by atoms with Crippen LogP contribution in [0.15, 0.2) is 11.6 Å². The minimum Gasteiger partial charge on any atom is -0.378 e. The molecule has 144 valence electrons. The van der Waals surface area contributed by atoms with Crippen LogP contribution in [0.1, 0.15) is 111 Å². The summed E-state index contributed by atoms with van der Waals surface area (Å²) in [6.45, 7) is 11.4. The second kappa shape index (κ2) is 7.75. The zero-order valence-electron chi connectivity index (χ0n) is 17.5. The molecule has 0 aromatic heterocycles. The van der Waals surface area contributed by atoms with E-state index in [0.29, 0.717) is 11.5 Å². The average molecular weight is 347 g/mol. The molecular formula is C24H42O. The van der Waals surface area contributed by atoms with Gasteiger partial charge in [0.2, 0.25) is 0 Å². The molecule has 2 fully saturated rings. The summed E-state index contributed by atoms with van der Waals surface area (Å²) in [4.78, 5) is 0. The summed E-state index contributed by atoms with van der Waals surface area (Å²) in [5.41, 5.74) is 2.66. The van der Waals surface area contributed by atoms with Crippen molar-refractivity contribution in [3.63, 3.8) is 0 Å². The Hall–Kier alpha value is -0.300. The summed E-state index contributed by atoms with van der Waals surface area (Å²) in [6, 6.07) is 0. The fraction of sp³-hybridized carbons (Fsp3) is 0.917. The topological polar surface area (TPSA) is 9.23 Å². The Kier molecular flexibility index (Phi) is 6.03. The van der Waals surface area contributed by atoms with Crippen LogP contribution in [-0.2, 0) is 4.74 Å². The fourth-order valence-corrected chi connectivity index (χ4v) is 6.52. The fourth-order valence-electron chi connectivity index (χ4n) is 6.52. The van der Waals surface area contributed by atoms with Crippen molar-refractivity contribution in [2.24, 2.45) is 16.2 Å². The molecule has 1 saturated carbocycles. The van der Waals surface area contributed by atoms with Crippen molar-refractivity contribution in [1.29, 1.82) is 0 Å². The van der Waals surface area contributed by atoms with E-state index in [1.54, 1.807) is 5.57 Å². The van der Waals surface area contributed by atoms with Gasteiger partial charge in [-0.15, -0.1) is 0 Å². The number of hydrogen-bond donors (Lipinski definition) is 0. The minimum atomic E-state index is 0.265. The first kappa shape index (κ1) is 19.5.